The van der Waals surface area contributed by atoms with Crippen molar-refractivity contribution in [3.8, 4) is 5.75 Å². The van der Waals surface area contributed by atoms with Crippen molar-refractivity contribution in [3.05, 3.63) is 29.8 Å². The summed E-state index contributed by atoms with van der Waals surface area (Å²) < 4.78 is 5.39. The van der Waals surface area contributed by atoms with Gasteiger partial charge in [0.25, 0.3) is 0 Å². The molecule has 4 nitrogen and oxygen atoms in total. The lowest BCUT2D eigenvalue weighted by Gasteiger charge is -2.23. The molecule has 1 unspecified atom stereocenters. The lowest BCUT2D eigenvalue weighted by atomic mass is 9.92. The number of ether oxygens (including phenoxy) is 1. The summed E-state index contributed by atoms with van der Waals surface area (Å²) in [6.07, 6.45) is 0. The van der Waals surface area contributed by atoms with Crippen molar-refractivity contribution in [2.75, 3.05) is 6.61 Å². The fraction of sp³-hybridized carbons (Fsp3) is 0.364. The van der Waals surface area contributed by atoms with Gasteiger partial charge >= 0.3 is 0 Å². The minimum absolute atomic E-state index is 0.520. The molecule has 0 aromatic heterocycles. The zero-order chi connectivity index (χ0) is 11.5. The maximum atomic E-state index is 11.2. The highest BCUT2D eigenvalue weighted by molar-refractivity contribution is 5.86. The van der Waals surface area contributed by atoms with Crippen LogP contribution in [-0.2, 0) is 10.3 Å². The molecular formula is C11H16N2O2. The zero-order valence-electron chi connectivity index (χ0n) is 8.99. The van der Waals surface area contributed by atoms with Gasteiger partial charge in [0, 0.05) is 5.56 Å². The van der Waals surface area contributed by atoms with E-state index in [2.05, 4.69) is 0 Å². The van der Waals surface area contributed by atoms with Crippen molar-refractivity contribution in [1.82, 2.24) is 0 Å². The summed E-state index contributed by atoms with van der Waals surface area (Å²) in [5.41, 5.74) is 10.5. The highest BCUT2D eigenvalue weighted by Gasteiger charge is 2.30. The van der Waals surface area contributed by atoms with E-state index in [1.165, 1.54) is 0 Å². The summed E-state index contributed by atoms with van der Waals surface area (Å²) in [7, 11) is 0. The third-order valence-electron chi connectivity index (χ3n) is 2.26. The number of rotatable bonds is 4. The topological polar surface area (TPSA) is 78.3 Å². The van der Waals surface area contributed by atoms with Gasteiger partial charge in [-0.1, -0.05) is 18.2 Å². The Morgan fingerprint density at radius 3 is 2.60 bits per heavy atom. The Morgan fingerprint density at radius 2 is 2.07 bits per heavy atom. The largest absolute Gasteiger partial charge is 0.494 e. The normalized spacial score (nSPS) is 14.3. The molecule has 1 aromatic carbocycles. The summed E-state index contributed by atoms with van der Waals surface area (Å²) in [5, 5.41) is 0. The van der Waals surface area contributed by atoms with Crippen LogP contribution in [0.4, 0.5) is 0 Å². The first kappa shape index (κ1) is 11.5. The number of carbonyl (C=O) groups excluding carboxylic acids is 1. The van der Waals surface area contributed by atoms with Crippen molar-refractivity contribution in [2.24, 2.45) is 11.5 Å². The molecule has 4 heteroatoms. The summed E-state index contributed by atoms with van der Waals surface area (Å²) in [6, 6.07) is 7.14. The minimum Gasteiger partial charge on any atom is -0.494 e. The van der Waals surface area contributed by atoms with E-state index >= 15 is 0 Å². The number of para-hydroxylation sites is 1. The van der Waals surface area contributed by atoms with E-state index in [9.17, 15) is 4.79 Å². The summed E-state index contributed by atoms with van der Waals surface area (Å²) >= 11 is 0. The number of nitrogens with two attached hydrogens (primary N) is 2. The molecular weight excluding hydrogens is 192 g/mol. The first-order chi connectivity index (χ1) is 7.00. The lowest BCUT2D eigenvalue weighted by molar-refractivity contribution is -0.122. The van der Waals surface area contributed by atoms with Crippen LogP contribution in [-0.4, -0.2) is 12.5 Å². The molecule has 0 aliphatic heterocycles. The van der Waals surface area contributed by atoms with Gasteiger partial charge in [0.15, 0.2) is 0 Å². The molecule has 0 fully saturated rings. The monoisotopic (exact) mass is 208 g/mol. The maximum Gasteiger partial charge on any atom is 0.241 e. The molecule has 0 saturated carbocycles. The number of benzene rings is 1. The smallest absolute Gasteiger partial charge is 0.241 e. The van der Waals surface area contributed by atoms with Gasteiger partial charge < -0.3 is 16.2 Å². The number of carbonyl (C=O) groups is 1. The van der Waals surface area contributed by atoms with Gasteiger partial charge in [0.1, 0.15) is 11.3 Å². The molecule has 1 rings (SSSR count). The molecule has 0 bridgehead atoms. The molecule has 0 spiro atoms. The molecule has 0 saturated heterocycles. The number of hydrogen-bond donors (Lipinski definition) is 2. The molecule has 0 aliphatic carbocycles. The molecule has 4 N–H and O–H groups in total. The number of hydrogen-bond acceptors (Lipinski definition) is 3. The number of amides is 1. The quantitative estimate of drug-likeness (QED) is 0.766. The second-order valence-corrected chi connectivity index (χ2v) is 3.50. The van der Waals surface area contributed by atoms with E-state index in [1.807, 2.05) is 13.0 Å². The molecule has 1 amide bonds. The number of primary amides is 1. The molecule has 82 valence electrons. The Balaban J connectivity index is 3.18. The summed E-state index contributed by atoms with van der Waals surface area (Å²) in [5.74, 6) is 0.0263. The van der Waals surface area contributed by atoms with Crippen LogP contribution in [0.2, 0.25) is 0 Å². The van der Waals surface area contributed by atoms with E-state index in [1.54, 1.807) is 25.1 Å². The zero-order valence-corrected chi connectivity index (χ0v) is 8.99. The van der Waals surface area contributed by atoms with Crippen molar-refractivity contribution in [3.63, 3.8) is 0 Å². The predicted molar refractivity (Wildman–Crippen MR) is 58.3 cm³/mol. The summed E-state index contributed by atoms with van der Waals surface area (Å²) in [4.78, 5) is 11.2. The van der Waals surface area contributed by atoms with Crippen LogP contribution in [0.1, 0.15) is 19.4 Å². The average molecular weight is 208 g/mol. The second kappa shape index (κ2) is 4.31. The van der Waals surface area contributed by atoms with Crippen molar-refractivity contribution in [1.29, 1.82) is 0 Å². The fourth-order valence-corrected chi connectivity index (χ4v) is 1.31. The third-order valence-corrected chi connectivity index (χ3v) is 2.26. The van der Waals surface area contributed by atoms with Crippen LogP contribution >= 0.6 is 0 Å². The van der Waals surface area contributed by atoms with Crippen LogP contribution in [0.15, 0.2) is 24.3 Å². The first-order valence-corrected chi connectivity index (χ1v) is 4.81. The van der Waals surface area contributed by atoms with Crippen LogP contribution in [0.5, 0.6) is 5.75 Å². The van der Waals surface area contributed by atoms with E-state index in [-0.39, 0.29) is 0 Å². The van der Waals surface area contributed by atoms with Crippen molar-refractivity contribution < 1.29 is 9.53 Å². The third kappa shape index (κ3) is 2.27. The molecule has 0 aliphatic rings. The molecule has 0 radical (unpaired) electrons. The fourth-order valence-electron chi connectivity index (χ4n) is 1.31. The molecule has 1 aromatic rings. The Hall–Kier alpha value is -1.55. The van der Waals surface area contributed by atoms with Crippen LogP contribution in [0.3, 0.4) is 0 Å². The lowest BCUT2D eigenvalue weighted by Crippen LogP contribution is -2.46. The average Bonchev–Trinajstić information content (AvgIpc) is 2.18. The second-order valence-electron chi connectivity index (χ2n) is 3.50. The van der Waals surface area contributed by atoms with E-state index in [0.29, 0.717) is 17.9 Å². The first-order valence-electron chi connectivity index (χ1n) is 4.81. The Bertz CT molecular complexity index is 361. The molecule has 0 heterocycles. The van der Waals surface area contributed by atoms with Gasteiger partial charge in [0.2, 0.25) is 5.91 Å². The maximum absolute atomic E-state index is 11.2. The predicted octanol–water partition coefficient (Wildman–Crippen LogP) is 0.745. The SMILES string of the molecule is CCOc1ccccc1C(C)(N)C(N)=O. The van der Waals surface area contributed by atoms with Gasteiger partial charge in [0.05, 0.1) is 6.61 Å². The highest BCUT2D eigenvalue weighted by atomic mass is 16.5. The van der Waals surface area contributed by atoms with Gasteiger partial charge in [-0.05, 0) is 19.9 Å². The Labute approximate surface area is 89.2 Å². The summed E-state index contributed by atoms with van der Waals surface area (Å²) in [6.45, 7) is 3.97. The van der Waals surface area contributed by atoms with Crippen molar-refractivity contribution >= 4 is 5.91 Å². The van der Waals surface area contributed by atoms with Crippen molar-refractivity contribution in [2.45, 2.75) is 19.4 Å². The van der Waals surface area contributed by atoms with Crippen LogP contribution in [0.25, 0.3) is 0 Å². The molecule has 1 atom stereocenters. The van der Waals surface area contributed by atoms with Crippen LogP contribution < -0.4 is 16.2 Å². The van der Waals surface area contributed by atoms with Gasteiger partial charge in [-0.25, -0.2) is 0 Å². The van der Waals surface area contributed by atoms with Gasteiger partial charge in [-0.2, -0.15) is 0 Å². The minimum atomic E-state index is -1.20. The molecule has 15 heavy (non-hydrogen) atoms. The Morgan fingerprint density at radius 1 is 1.47 bits per heavy atom. The van der Waals surface area contributed by atoms with Crippen LogP contribution in [0, 0.1) is 0 Å². The standard InChI is InChI=1S/C11H16N2O2/c1-3-15-9-7-5-4-6-8(9)11(2,13)10(12)14/h4-7H,3,13H2,1-2H3,(H2,12,14). The Kier molecular flexibility index (Phi) is 3.31. The van der Waals surface area contributed by atoms with Gasteiger partial charge in [-0.3, -0.25) is 4.79 Å². The highest BCUT2D eigenvalue weighted by Crippen LogP contribution is 2.27. The van der Waals surface area contributed by atoms with E-state index in [4.69, 9.17) is 16.2 Å². The van der Waals surface area contributed by atoms with Gasteiger partial charge in [-0.15, -0.1) is 0 Å². The van der Waals surface area contributed by atoms with E-state index in [0.717, 1.165) is 0 Å². The van der Waals surface area contributed by atoms with E-state index < -0.39 is 11.4 Å².